The third-order valence-corrected chi connectivity index (χ3v) is 3.84. The van der Waals surface area contributed by atoms with Crippen molar-refractivity contribution in [2.45, 2.75) is 31.2 Å². The smallest absolute Gasteiger partial charge is 0.125 e. The third-order valence-electron chi connectivity index (χ3n) is 3.60. The van der Waals surface area contributed by atoms with Gasteiger partial charge in [0, 0.05) is 12.8 Å². The van der Waals surface area contributed by atoms with E-state index in [0.717, 1.165) is 36.3 Å². The molecule has 0 aromatic carbocycles. The summed E-state index contributed by atoms with van der Waals surface area (Å²) in [5, 5.41) is 0. The van der Waals surface area contributed by atoms with Gasteiger partial charge in [0.05, 0.1) is 29.7 Å². The summed E-state index contributed by atoms with van der Waals surface area (Å²) in [5.41, 5.74) is 1.94. The van der Waals surface area contributed by atoms with Crippen molar-refractivity contribution in [1.82, 2.24) is 14.5 Å². The molecule has 3 heterocycles. The number of ether oxygens (including phenoxy) is 1. The van der Waals surface area contributed by atoms with Gasteiger partial charge in [-0.15, -0.1) is 11.6 Å². The number of hydrogen-bond acceptors (Lipinski definition) is 3. The zero-order valence-electron chi connectivity index (χ0n) is 10.4. The standard InChI is InChI=1S/C13H16ClN3O/c1-13(4-2-6-18-9-13)17-11-3-5-15-8-10(11)16-12(17)7-14/h3,5,8H,2,4,6-7,9H2,1H3. The van der Waals surface area contributed by atoms with Crippen LogP contribution in [0.4, 0.5) is 0 Å². The minimum absolute atomic E-state index is 0.0570. The van der Waals surface area contributed by atoms with Crippen LogP contribution in [0.15, 0.2) is 18.5 Å². The van der Waals surface area contributed by atoms with Crippen LogP contribution in [0.25, 0.3) is 11.0 Å². The van der Waals surface area contributed by atoms with Crippen molar-refractivity contribution in [3.63, 3.8) is 0 Å². The molecule has 1 saturated heterocycles. The van der Waals surface area contributed by atoms with Gasteiger partial charge in [0.15, 0.2) is 0 Å². The van der Waals surface area contributed by atoms with Crippen molar-refractivity contribution < 1.29 is 4.74 Å². The monoisotopic (exact) mass is 265 g/mol. The number of fused-ring (bicyclic) bond motifs is 1. The molecule has 0 bridgehead atoms. The fraction of sp³-hybridized carbons (Fsp3) is 0.538. The third kappa shape index (κ3) is 1.80. The van der Waals surface area contributed by atoms with Gasteiger partial charge in [0.2, 0.25) is 0 Å². The van der Waals surface area contributed by atoms with Crippen LogP contribution in [0.2, 0.25) is 0 Å². The number of pyridine rings is 1. The largest absolute Gasteiger partial charge is 0.379 e. The molecule has 2 aromatic heterocycles. The lowest BCUT2D eigenvalue weighted by Gasteiger charge is -2.36. The van der Waals surface area contributed by atoms with E-state index in [1.54, 1.807) is 12.4 Å². The van der Waals surface area contributed by atoms with Gasteiger partial charge < -0.3 is 9.30 Å². The molecule has 1 atom stereocenters. The van der Waals surface area contributed by atoms with Crippen molar-refractivity contribution >= 4 is 22.6 Å². The van der Waals surface area contributed by atoms with Crippen LogP contribution in [-0.4, -0.2) is 27.7 Å². The number of halogens is 1. The van der Waals surface area contributed by atoms with Crippen LogP contribution < -0.4 is 0 Å². The molecule has 0 N–H and O–H groups in total. The van der Waals surface area contributed by atoms with Gasteiger partial charge in [-0.1, -0.05) is 0 Å². The molecule has 1 aliphatic heterocycles. The van der Waals surface area contributed by atoms with Crippen molar-refractivity contribution in [2.75, 3.05) is 13.2 Å². The quantitative estimate of drug-likeness (QED) is 0.784. The lowest BCUT2D eigenvalue weighted by atomic mass is 9.94. The first-order chi connectivity index (χ1) is 8.74. The lowest BCUT2D eigenvalue weighted by Crippen LogP contribution is -2.39. The Morgan fingerprint density at radius 2 is 2.44 bits per heavy atom. The number of nitrogens with zero attached hydrogens (tertiary/aromatic N) is 3. The van der Waals surface area contributed by atoms with E-state index in [1.807, 2.05) is 6.07 Å². The number of aromatic nitrogens is 3. The predicted molar refractivity (Wildman–Crippen MR) is 70.8 cm³/mol. The van der Waals surface area contributed by atoms with E-state index in [9.17, 15) is 0 Å². The minimum atomic E-state index is -0.0570. The predicted octanol–water partition coefficient (Wildman–Crippen LogP) is 2.70. The van der Waals surface area contributed by atoms with E-state index in [2.05, 4.69) is 21.5 Å². The molecule has 3 rings (SSSR count). The number of rotatable bonds is 2. The van der Waals surface area contributed by atoms with Crippen LogP contribution in [0.5, 0.6) is 0 Å². The number of hydrogen-bond donors (Lipinski definition) is 0. The maximum absolute atomic E-state index is 6.04. The van der Waals surface area contributed by atoms with Gasteiger partial charge >= 0.3 is 0 Å². The topological polar surface area (TPSA) is 39.9 Å². The Labute approximate surface area is 111 Å². The first kappa shape index (κ1) is 11.9. The fourth-order valence-corrected chi connectivity index (χ4v) is 2.95. The molecule has 0 saturated carbocycles. The summed E-state index contributed by atoms with van der Waals surface area (Å²) in [6, 6.07) is 2.00. The van der Waals surface area contributed by atoms with Crippen LogP contribution in [-0.2, 0) is 16.2 Å². The van der Waals surface area contributed by atoms with Gasteiger partial charge in [-0.2, -0.15) is 0 Å². The van der Waals surface area contributed by atoms with Gasteiger partial charge in [0.1, 0.15) is 11.3 Å². The summed E-state index contributed by atoms with van der Waals surface area (Å²) >= 11 is 6.04. The second kappa shape index (κ2) is 4.52. The molecule has 4 nitrogen and oxygen atoms in total. The Hall–Kier alpha value is -1.13. The molecule has 2 aromatic rings. The average Bonchev–Trinajstić information content (AvgIpc) is 2.78. The van der Waals surface area contributed by atoms with Crippen molar-refractivity contribution in [3.05, 3.63) is 24.3 Å². The molecular formula is C13H16ClN3O. The van der Waals surface area contributed by atoms with E-state index in [-0.39, 0.29) is 5.54 Å². The summed E-state index contributed by atoms with van der Waals surface area (Å²) in [5.74, 6) is 1.30. The van der Waals surface area contributed by atoms with Crippen molar-refractivity contribution in [3.8, 4) is 0 Å². The summed E-state index contributed by atoms with van der Waals surface area (Å²) in [7, 11) is 0. The van der Waals surface area contributed by atoms with Gasteiger partial charge in [-0.05, 0) is 25.8 Å². The second-order valence-electron chi connectivity index (χ2n) is 5.01. The molecule has 1 aliphatic rings. The highest BCUT2D eigenvalue weighted by atomic mass is 35.5. The highest BCUT2D eigenvalue weighted by Gasteiger charge is 2.32. The first-order valence-electron chi connectivity index (χ1n) is 6.20. The Morgan fingerprint density at radius 1 is 1.56 bits per heavy atom. The van der Waals surface area contributed by atoms with Gasteiger partial charge in [-0.3, -0.25) is 4.98 Å². The lowest BCUT2D eigenvalue weighted by molar-refractivity contribution is 0.0104. The van der Waals surface area contributed by atoms with Crippen LogP contribution in [0, 0.1) is 0 Å². The van der Waals surface area contributed by atoms with Crippen molar-refractivity contribution in [2.24, 2.45) is 0 Å². The highest BCUT2D eigenvalue weighted by Crippen LogP contribution is 2.32. The Kier molecular flexibility index (Phi) is 2.99. The van der Waals surface area contributed by atoms with E-state index in [0.29, 0.717) is 12.5 Å². The Balaban J connectivity index is 2.19. The highest BCUT2D eigenvalue weighted by molar-refractivity contribution is 6.16. The maximum Gasteiger partial charge on any atom is 0.125 e. The summed E-state index contributed by atoms with van der Waals surface area (Å²) in [6.45, 7) is 3.77. The van der Waals surface area contributed by atoms with E-state index in [1.165, 1.54) is 0 Å². The molecule has 0 spiro atoms. The zero-order chi connectivity index (χ0) is 12.6. The van der Waals surface area contributed by atoms with E-state index in [4.69, 9.17) is 16.3 Å². The molecule has 1 fully saturated rings. The molecule has 96 valence electrons. The molecule has 0 radical (unpaired) electrons. The van der Waals surface area contributed by atoms with Crippen LogP contribution >= 0.6 is 11.6 Å². The molecule has 5 heteroatoms. The van der Waals surface area contributed by atoms with Crippen LogP contribution in [0.3, 0.4) is 0 Å². The Morgan fingerprint density at radius 3 is 3.17 bits per heavy atom. The summed E-state index contributed by atoms with van der Waals surface area (Å²) in [6.07, 6.45) is 5.74. The van der Waals surface area contributed by atoms with Gasteiger partial charge in [0.25, 0.3) is 0 Å². The first-order valence-corrected chi connectivity index (χ1v) is 6.73. The van der Waals surface area contributed by atoms with Crippen molar-refractivity contribution in [1.29, 1.82) is 0 Å². The SMILES string of the molecule is CC1(n2c(CCl)nc3cnccc32)CCCOC1. The molecule has 18 heavy (non-hydrogen) atoms. The average molecular weight is 266 g/mol. The normalized spacial score (nSPS) is 24.6. The molecule has 0 aliphatic carbocycles. The number of alkyl halides is 1. The minimum Gasteiger partial charge on any atom is -0.379 e. The van der Waals surface area contributed by atoms with E-state index < -0.39 is 0 Å². The van der Waals surface area contributed by atoms with E-state index >= 15 is 0 Å². The fourth-order valence-electron chi connectivity index (χ4n) is 2.77. The second-order valence-corrected chi connectivity index (χ2v) is 5.28. The maximum atomic E-state index is 6.04. The van der Waals surface area contributed by atoms with Crippen LogP contribution in [0.1, 0.15) is 25.6 Å². The molecule has 1 unspecified atom stereocenters. The zero-order valence-corrected chi connectivity index (χ0v) is 11.2. The Bertz CT molecular complexity index is 560. The summed E-state index contributed by atoms with van der Waals surface area (Å²) < 4.78 is 7.88. The summed E-state index contributed by atoms with van der Waals surface area (Å²) in [4.78, 5) is 8.68. The van der Waals surface area contributed by atoms with Gasteiger partial charge in [-0.25, -0.2) is 4.98 Å². The number of imidazole rings is 1. The molecule has 0 amide bonds. The molecular weight excluding hydrogens is 250 g/mol.